The summed E-state index contributed by atoms with van der Waals surface area (Å²) in [6.07, 6.45) is -1.99. The van der Waals surface area contributed by atoms with Crippen LogP contribution in [0.3, 0.4) is 0 Å². The van der Waals surface area contributed by atoms with E-state index < -0.39 is 23.9 Å². The number of alkyl halides is 3. The van der Waals surface area contributed by atoms with Crippen LogP contribution in [0.2, 0.25) is 5.02 Å². The third kappa shape index (κ3) is 3.38. The van der Waals surface area contributed by atoms with Gasteiger partial charge in [-0.25, -0.2) is 4.68 Å². The highest BCUT2D eigenvalue weighted by Gasteiger charge is 2.35. The molecule has 0 spiro atoms. The van der Waals surface area contributed by atoms with E-state index >= 15 is 0 Å². The van der Waals surface area contributed by atoms with E-state index in [9.17, 15) is 18.0 Å². The molecule has 0 radical (unpaired) electrons. The van der Waals surface area contributed by atoms with Crippen LogP contribution in [-0.2, 0) is 6.18 Å². The fourth-order valence-corrected chi connectivity index (χ4v) is 1.92. The molecule has 3 rings (SSSR count). The fourth-order valence-electron chi connectivity index (χ4n) is 1.79. The Morgan fingerprint density at radius 3 is 2.58 bits per heavy atom. The number of hydrogen-bond donors (Lipinski definition) is 2. The molecule has 7 nitrogen and oxygen atoms in total. The SMILES string of the molecule is O=C(Nc1n[nH]c(C(F)(F)F)n1)c1cnn(-c2ccc(Cl)cc2)c1. The van der Waals surface area contributed by atoms with Crippen molar-refractivity contribution < 1.29 is 18.0 Å². The molecule has 1 aromatic carbocycles. The Labute approximate surface area is 137 Å². The topological polar surface area (TPSA) is 88.5 Å². The Morgan fingerprint density at radius 1 is 1.25 bits per heavy atom. The van der Waals surface area contributed by atoms with Crippen molar-refractivity contribution in [3.8, 4) is 5.69 Å². The van der Waals surface area contributed by atoms with Gasteiger partial charge in [0.2, 0.25) is 11.8 Å². The zero-order chi connectivity index (χ0) is 17.3. The number of carbonyl (C=O) groups excluding carboxylic acids is 1. The number of benzene rings is 1. The minimum Gasteiger partial charge on any atom is -0.289 e. The molecule has 24 heavy (non-hydrogen) atoms. The van der Waals surface area contributed by atoms with Gasteiger partial charge in [-0.3, -0.25) is 15.2 Å². The van der Waals surface area contributed by atoms with E-state index in [-0.39, 0.29) is 5.56 Å². The Hall–Kier alpha value is -2.88. The summed E-state index contributed by atoms with van der Waals surface area (Å²) in [5, 5.41) is 11.7. The predicted octanol–water partition coefficient (Wildman–Crippen LogP) is 2.91. The number of anilines is 1. The van der Waals surface area contributed by atoms with Crippen molar-refractivity contribution in [3.63, 3.8) is 0 Å². The van der Waals surface area contributed by atoms with Crippen molar-refractivity contribution >= 4 is 23.5 Å². The van der Waals surface area contributed by atoms with E-state index in [1.54, 1.807) is 29.4 Å². The number of aromatic nitrogens is 5. The summed E-state index contributed by atoms with van der Waals surface area (Å²) in [6, 6.07) is 6.71. The lowest BCUT2D eigenvalue weighted by molar-refractivity contribution is -0.144. The molecule has 2 heterocycles. The average Bonchev–Trinajstić information content (AvgIpc) is 3.16. The van der Waals surface area contributed by atoms with Gasteiger partial charge in [-0.2, -0.15) is 23.3 Å². The minimum atomic E-state index is -4.67. The molecule has 0 aliphatic rings. The number of H-pyrrole nitrogens is 1. The standard InChI is InChI=1S/C13H8ClF3N6O/c14-8-1-3-9(4-2-8)23-6-7(5-18-23)10(24)19-12-20-11(21-22-12)13(15,16)17/h1-6H,(H2,19,20,21,22,24). The van der Waals surface area contributed by atoms with E-state index in [1.807, 2.05) is 0 Å². The molecular formula is C13H8ClF3N6O. The Bertz CT molecular complexity index is 870. The van der Waals surface area contributed by atoms with E-state index in [0.717, 1.165) is 0 Å². The second-order valence-electron chi connectivity index (χ2n) is 4.61. The fraction of sp³-hybridized carbons (Fsp3) is 0.0769. The summed E-state index contributed by atoms with van der Waals surface area (Å²) in [5.41, 5.74) is 0.791. The van der Waals surface area contributed by atoms with Crippen LogP contribution in [0.25, 0.3) is 5.69 Å². The molecule has 1 amide bonds. The number of rotatable bonds is 3. The Kier molecular flexibility index (Phi) is 3.97. The highest BCUT2D eigenvalue weighted by Crippen LogP contribution is 2.26. The van der Waals surface area contributed by atoms with Crippen molar-refractivity contribution in [2.75, 3.05) is 5.32 Å². The first kappa shape index (κ1) is 16.0. The van der Waals surface area contributed by atoms with Crippen molar-refractivity contribution in [3.05, 3.63) is 53.1 Å². The first-order valence-corrected chi connectivity index (χ1v) is 6.82. The molecule has 0 saturated carbocycles. The molecule has 0 atom stereocenters. The second-order valence-corrected chi connectivity index (χ2v) is 5.05. The van der Waals surface area contributed by atoms with Gasteiger partial charge in [0.1, 0.15) is 0 Å². The second kappa shape index (κ2) is 5.96. The molecule has 2 N–H and O–H groups in total. The van der Waals surface area contributed by atoms with Crippen LogP contribution in [0.15, 0.2) is 36.7 Å². The van der Waals surface area contributed by atoms with Gasteiger partial charge in [-0.15, -0.1) is 5.10 Å². The van der Waals surface area contributed by atoms with Crippen LogP contribution in [0.1, 0.15) is 16.2 Å². The minimum absolute atomic E-state index is 0.128. The van der Waals surface area contributed by atoms with Gasteiger partial charge in [0.05, 0.1) is 17.4 Å². The van der Waals surface area contributed by atoms with Crippen LogP contribution in [0, 0.1) is 0 Å². The van der Waals surface area contributed by atoms with Gasteiger partial charge < -0.3 is 0 Å². The lowest BCUT2D eigenvalue weighted by atomic mass is 10.3. The molecule has 2 aromatic heterocycles. The first-order chi connectivity index (χ1) is 11.3. The maximum atomic E-state index is 12.4. The molecule has 0 aliphatic heterocycles. The molecule has 0 unspecified atom stereocenters. The molecule has 3 aromatic rings. The molecule has 124 valence electrons. The van der Waals surface area contributed by atoms with Gasteiger partial charge in [-0.1, -0.05) is 11.6 Å². The van der Waals surface area contributed by atoms with E-state index in [0.29, 0.717) is 10.7 Å². The Morgan fingerprint density at radius 2 is 1.96 bits per heavy atom. The predicted molar refractivity (Wildman–Crippen MR) is 77.9 cm³/mol. The van der Waals surface area contributed by atoms with Crippen LogP contribution in [0.5, 0.6) is 0 Å². The van der Waals surface area contributed by atoms with E-state index in [1.165, 1.54) is 17.1 Å². The summed E-state index contributed by atoms with van der Waals surface area (Å²) < 4.78 is 38.7. The van der Waals surface area contributed by atoms with Crippen molar-refractivity contribution in [1.29, 1.82) is 0 Å². The number of amides is 1. The summed E-state index contributed by atoms with van der Waals surface area (Å²) >= 11 is 5.79. The van der Waals surface area contributed by atoms with E-state index in [4.69, 9.17) is 11.6 Å². The molecule has 11 heteroatoms. The monoisotopic (exact) mass is 356 g/mol. The number of halogens is 4. The van der Waals surface area contributed by atoms with Gasteiger partial charge in [0.25, 0.3) is 5.91 Å². The molecule has 0 saturated heterocycles. The lowest BCUT2D eigenvalue weighted by Gasteiger charge is -2.00. The molecule has 0 aliphatic carbocycles. The zero-order valence-electron chi connectivity index (χ0n) is 11.7. The number of carbonyl (C=O) groups is 1. The van der Waals surface area contributed by atoms with Crippen molar-refractivity contribution in [1.82, 2.24) is 25.0 Å². The average molecular weight is 357 g/mol. The highest BCUT2D eigenvalue weighted by atomic mass is 35.5. The number of hydrogen-bond acceptors (Lipinski definition) is 4. The van der Waals surface area contributed by atoms with Gasteiger partial charge in [-0.05, 0) is 24.3 Å². The summed E-state index contributed by atoms with van der Waals surface area (Å²) in [5.74, 6) is -2.47. The largest absolute Gasteiger partial charge is 0.451 e. The molecule has 0 bridgehead atoms. The van der Waals surface area contributed by atoms with Crippen LogP contribution in [0.4, 0.5) is 19.1 Å². The normalized spacial score (nSPS) is 11.5. The van der Waals surface area contributed by atoms with Crippen LogP contribution in [-0.4, -0.2) is 30.9 Å². The van der Waals surface area contributed by atoms with Crippen LogP contribution >= 0.6 is 11.6 Å². The number of aromatic amines is 1. The third-order valence-corrected chi connectivity index (χ3v) is 3.17. The summed E-state index contributed by atoms with van der Waals surface area (Å²) in [7, 11) is 0. The smallest absolute Gasteiger partial charge is 0.289 e. The van der Waals surface area contributed by atoms with Crippen molar-refractivity contribution in [2.45, 2.75) is 6.18 Å². The maximum absolute atomic E-state index is 12.4. The molecular weight excluding hydrogens is 349 g/mol. The van der Waals surface area contributed by atoms with Gasteiger partial charge in [0, 0.05) is 11.2 Å². The van der Waals surface area contributed by atoms with E-state index in [2.05, 4.69) is 20.5 Å². The number of nitrogens with one attached hydrogen (secondary N) is 2. The van der Waals surface area contributed by atoms with Gasteiger partial charge >= 0.3 is 6.18 Å². The summed E-state index contributed by atoms with van der Waals surface area (Å²) in [4.78, 5) is 15.2. The first-order valence-electron chi connectivity index (χ1n) is 6.44. The highest BCUT2D eigenvalue weighted by molar-refractivity contribution is 6.30. The van der Waals surface area contributed by atoms with Gasteiger partial charge in [0.15, 0.2) is 0 Å². The summed E-state index contributed by atoms with van der Waals surface area (Å²) in [6.45, 7) is 0. The maximum Gasteiger partial charge on any atom is 0.451 e. The lowest BCUT2D eigenvalue weighted by Crippen LogP contribution is -2.13. The van der Waals surface area contributed by atoms with Crippen LogP contribution < -0.4 is 5.32 Å². The third-order valence-electron chi connectivity index (χ3n) is 2.92. The number of nitrogens with zero attached hydrogens (tertiary/aromatic N) is 4. The molecule has 0 fully saturated rings. The zero-order valence-corrected chi connectivity index (χ0v) is 12.4. The Balaban J connectivity index is 1.74. The van der Waals surface area contributed by atoms with Crippen molar-refractivity contribution in [2.24, 2.45) is 0 Å². The quantitative estimate of drug-likeness (QED) is 0.755.